The van der Waals surface area contributed by atoms with Gasteiger partial charge in [0.1, 0.15) is 0 Å². The van der Waals surface area contributed by atoms with Gasteiger partial charge in [0.05, 0.1) is 28.3 Å². The number of fused-ring (bicyclic) bond motifs is 1. The highest BCUT2D eigenvalue weighted by Gasteiger charge is 2.44. The van der Waals surface area contributed by atoms with Crippen molar-refractivity contribution in [2.24, 2.45) is 0 Å². The molecule has 21 heavy (non-hydrogen) atoms. The second-order valence-corrected chi connectivity index (χ2v) is 7.76. The van der Waals surface area contributed by atoms with Gasteiger partial charge in [0.15, 0.2) is 9.84 Å². The number of imide groups is 1. The van der Waals surface area contributed by atoms with Gasteiger partial charge < -0.3 is 4.90 Å². The highest BCUT2D eigenvalue weighted by atomic mass is 35.5. The van der Waals surface area contributed by atoms with E-state index >= 15 is 0 Å². The van der Waals surface area contributed by atoms with E-state index < -0.39 is 27.8 Å². The number of halogens is 1. The summed E-state index contributed by atoms with van der Waals surface area (Å²) in [7, 11) is -3.18. The van der Waals surface area contributed by atoms with E-state index in [1.165, 1.54) is 4.90 Å². The van der Waals surface area contributed by atoms with Gasteiger partial charge in [-0.05, 0) is 12.1 Å². The summed E-state index contributed by atoms with van der Waals surface area (Å²) in [4.78, 5) is 27.2. The molecular formula is C13H13ClN2O4S. The molecule has 0 radical (unpaired) electrons. The minimum atomic E-state index is -3.18. The molecule has 2 fully saturated rings. The van der Waals surface area contributed by atoms with E-state index in [1.807, 2.05) is 0 Å². The van der Waals surface area contributed by atoms with E-state index in [0.717, 1.165) is 4.90 Å². The Morgan fingerprint density at radius 2 is 1.90 bits per heavy atom. The molecule has 2 saturated heterocycles. The van der Waals surface area contributed by atoms with Gasteiger partial charge in [-0.2, -0.15) is 0 Å². The van der Waals surface area contributed by atoms with Crippen LogP contribution in [0.2, 0.25) is 5.02 Å². The Bertz CT molecular complexity index is 719. The summed E-state index contributed by atoms with van der Waals surface area (Å²) in [6.45, 7) is 0.111. The first-order valence-corrected chi connectivity index (χ1v) is 8.67. The fourth-order valence-corrected chi connectivity index (χ4v) is 4.45. The number of sulfone groups is 1. The van der Waals surface area contributed by atoms with Gasteiger partial charge in [-0.15, -0.1) is 0 Å². The van der Waals surface area contributed by atoms with Gasteiger partial charge >= 0.3 is 6.03 Å². The normalized spacial score (nSPS) is 24.9. The summed E-state index contributed by atoms with van der Waals surface area (Å²) < 4.78 is 23.3. The van der Waals surface area contributed by atoms with Crippen LogP contribution < -0.4 is 4.90 Å². The summed E-state index contributed by atoms with van der Waals surface area (Å²) in [6.07, 6.45) is -0.00378. The molecular weight excluding hydrogens is 316 g/mol. The van der Waals surface area contributed by atoms with Crippen molar-refractivity contribution < 1.29 is 18.0 Å². The monoisotopic (exact) mass is 328 g/mol. The lowest BCUT2D eigenvalue weighted by Crippen LogP contribution is -2.62. The molecule has 1 unspecified atom stereocenters. The van der Waals surface area contributed by atoms with Crippen LogP contribution in [0.1, 0.15) is 6.42 Å². The topological polar surface area (TPSA) is 74.8 Å². The second kappa shape index (κ2) is 4.99. The Hall–Kier alpha value is -1.60. The van der Waals surface area contributed by atoms with E-state index in [0.29, 0.717) is 10.7 Å². The Morgan fingerprint density at radius 1 is 1.19 bits per heavy atom. The number of rotatable bonds is 1. The average molecular weight is 329 g/mol. The Kier molecular flexibility index (Phi) is 3.41. The molecule has 1 aromatic carbocycles. The van der Waals surface area contributed by atoms with E-state index in [9.17, 15) is 18.0 Å². The average Bonchev–Trinajstić information content (AvgIpc) is 2.39. The van der Waals surface area contributed by atoms with Crippen LogP contribution in [0.15, 0.2) is 24.3 Å². The van der Waals surface area contributed by atoms with Crippen molar-refractivity contribution in [3.8, 4) is 0 Å². The zero-order valence-electron chi connectivity index (χ0n) is 11.0. The zero-order chi connectivity index (χ0) is 15.2. The molecule has 0 bridgehead atoms. The maximum absolute atomic E-state index is 12.5. The number of anilines is 1. The van der Waals surface area contributed by atoms with Gasteiger partial charge in [0.2, 0.25) is 5.91 Å². The predicted octanol–water partition coefficient (Wildman–Crippen LogP) is 1.30. The van der Waals surface area contributed by atoms with Crippen molar-refractivity contribution in [1.82, 2.24) is 4.90 Å². The summed E-state index contributed by atoms with van der Waals surface area (Å²) in [6, 6.07) is 5.53. The van der Waals surface area contributed by atoms with E-state index in [1.54, 1.807) is 24.3 Å². The molecule has 6 nitrogen and oxygen atoms in total. The lowest BCUT2D eigenvalue weighted by atomic mass is 10.1. The summed E-state index contributed by atoms with van der Waals surface area (Å²) in [5.74, 6) is -0.646. The van der Waals surface area contributed by atoms with Crippen molar-refractivity contribution in [3.05, 3.63) is 29.3 Å². The van der Waals surface area contributed by atoms with Gasteiger partial charge in [-0.3, -0.25) is 4.79 Å². The minimum absolute atomic E-state index is 0.00378. The number of benzene rings is 1. The Morgan fingerprint density at radius 3 is 2.62 bits per heavy atom. The van der Waals surface area contributed by atoms with Crippen molar-refractivity contribution in [1.29, 1.82) is 0 Å². The number of urea groups is 1. The summed E-state index contributed by atoms with van der Waals surface area (Å²) >= 11 is 6.05. The Labute approximate surface area is 127 Å². The van der Waals surface area contributed by atoms with Crippen LogP contribution in [0.4, 0.5) is 10.5 Å². The minimum Gasteiger partial charge on any atom is -0.318 e. The molecule has 112 valence electrons. The smallest absolute Gasteiger partial charge is 0.318 e. The molecule has 1 atom stereocenters. The van der Waals surface area contributed by atoms with E-state index in [-0.39, 0.29) is 24.5 Å². The summed E-state index contributed by atoms with van der Waals surface area (Å²) in [5.41, 5.74) is 0.334. The van der Waals surface area contributed by atoms with E-state index in [4.69, 9.17) is 11.6 Å². The first kappa shape index (κ1) is 14.3. The van der Waals surface area contributed by atoms with Crippen molar-refractivity contribution >= 4 is 39.1 Å². The van der Waals surface area contributed by atoms with E-state index in [2.05, 4.69) is 0 Å². The third kappa shape index (κ3) is 2.51. The zero-order valence-corrected chi connectivity index (χ0v) is 12.6. The van der Waals surface area contributed by atoms with Crippen LogP contribution in [0.5, 0.6) is 0 Å². The summed E-state index contributed by atoms with van der Waals surface area (Å²) in [5, 5.41) is 0.308. The van der Waals surface area contributed by atoms with Crippen LogP contribution in [0, 0.1) is 0 Å². The number of carbonyl (C=O) groups is 2. The second-order valence-electron chi connectivity index (χ2n) is 5.13. The number of para-hydroxylation sites is 1. The predicted molar refractivity (Wildman–Crippen MR) is 78.1 cm³/mol. The van der Waals surface area contributed by atoms with Gasteiger partial charge in [-0.25, -0.2) is 18.1 Å². The molecule has 3 amide bonds. The third-order valence-electron chi connectivity index (χ3n) is 3.72. The van der Waals surface area contributed by atoms with Crippen LogP contribution in [-0.4, -0.2) is 49.3 Å². The lowest BCUT2D eigenvalue weighted by molar-refractivity contribution is -0.120. The van der Waals surface area contributed by atoms with Crippen molar-refractivity contribution in [2.75, 3.05) is 23.0 Å². The molecule has 8 heteroatoms. The van der Waals surface area contributed by atoms with Crippen molar-refractivity contribution in [2.45, 2.75) is 12.5 Å². The highest BCUT2D eigenvalue weighted by Crippen LogP contribution is 2.31. The van der Waals surface area contributed by atoms with Crippen LogP contribution in [-0.2, 0) is 14.6 Å². The first-order valence-electron chi connectivity index (χ1n) is 6.47. The molecule has 0 aliphatic carbocycles. The molecule has 1 aromatic rings. The molecule has 0 spiro atoms. The van der Waals surface area contributed by atoms with Crippen LogP contribution in [0.3, 0.4) is 0 Å². The number of hydrogen-bond donors (Lipinski definition) is 0. The molecule has 0 saturated carbocycles. The fraction of sp³-hybridized carbons (Fsp3) is 0.385. The first-order chi connectivity index (χ1) is 9.89. The van der Waals surface area contributed by atoms with Gasteiger partial charge in [0, 0.05) is 13.0 Å². The Balaban J connectivity index is 1.95. The number of carbonyl (C=O) groups excluding carboxylic acids is 2. The molecule has 0 N–H and O–H groups in total. The number of hydrogen-bond acceptors (Lipinski definition) is 4. The number of nitrogens with zero attached hydrogens (tertiary/aromatic N) is 2. The van der Waals surface area contributed by atoms with Gasteiger partial charge in [-0.1, -0.05) is 23.7 Å². The van der Waals surface area contributed by atoms with Crippen molar-refractivity contribution in [3.63, 3.8) is 0 Å². The SMILES string of the molecule is O=C1CC2CS(=O)(=O)CCN2C(=O)N1c1ccccc1Cl. The molecule has 2 aliphatic heterocycles. The highest BCUT2D eigenvalue weighted by molar-refractivity contribution is 7.91. The standard InChI is InChI=1S/C13H13ClN2O4S/c14-10-3-1-2-4-11(10)16-12(17)7-9-8-21(19,20)6-5-15(9)13(16)18/h1-4,9H,5-8H2. The molecule has 2 aliphatic rings. The fourth-order valence-electron chi connectivity index (χ4n) is 2.71. The largest absolute Gasteiger partial charge is 0.331 e. The number of amides is 3. The molecule has 3 rings (SSSR count). The third-order valence-corrected chi connectivity index (χ3v) is 5.74. The maximum Gasteiger partial charge on any atom is 0.331 e. The molecule has 0 aromatic heterocycles. The molecule has 2 heterocycles. The van der Waals surface area contributed by atoms with Gasteiger partial charge in [0.25, 0.3) is 0 Å². The lowest BCUT2D eigenvalue weighted by Gasteiger charge is -2.42. The maximum atomic E-state index is 12.5. The van der Waals surface area contributed by atoms with Crippen LogP contribution >= 0.6 is 11.6 Å². The quantitative estimate of drug-likeness (QED) is 0.778. The van der Waals surface area contributed by atoms with Crippen LogP contribution in [0.25, 0.3) is 0 Å².